The Morgan fingerprint density at radius 3 is 2.79 bits per heavy atom. The van der Waals surface area contributed by atoms with Crippen LogP contribution in [0.4, 0.5) is 0 Å². The maximum Gasteiger partial charge on any atom is 0.329 e. The van der Waals surface area contributed by atoms with Crippen LogP contribution in [0.2, 0.25) is 0 Å². The molecular formula is C9H15N3O2. The Bertz CT molecular complexity index is 331. The third-order valence-corrected chi connectivity index (χ3v) is 2.22. The number of hydrogen-bond acceptors (Lipinski definition) is 3. The number of nitrogens with zero attached hydrogens (tertiary/aromatic N) is 3. The standard InChI is InChI=1S/C9H15N3O2/c1-4-5-7-11-10-6-12(7)9(2,3)8(13)14/h6H,4-5H2,1-3H3,(H,13,14). The summed E-state index contributed by atoms with van der Waals surface area (Å²) in [6.45, 7) is 5.29. The van der Waals surface area contributed by atoms with E-state index in [1.165, 1.54) is 6.33 Å². The lowest BCUT2D eigenvalue weighted by Crippen LogP contribution is -2.36. The van der Waals surface area contributed by atoms with Crippen molar-refractivity contribution in [3.63, 3.8) is 0 Å². The Kier molecular flexibility index (Phi) is 2.88. The predicted molar refractivity (Wildman–Crippen MR) is 51.0 cm³/mol. The second kappa shape index (κ2) is 3.77. The molecule has 1 aromatic heterocycles. The van der Waals surface area contributed by atoms with Crippen molar-refractivity contribution in [2.75, 3.05) is 0 Å². The van der Waals surface area contributed by atoms with Crippen LogP contribution in [0.15, 0.2) is 6.33 Å². The highest BCUT2D eigenvalue weighted by Crippen LogP contribution is 2.17. The van der Waals surface area contributed by atoms with E-state index in [2.05, 4.69) is 10.2 Å². The molecule has 0 saturated heterocycles. The van der Waals surface area contributed by atoms with Crippen LogP contribution in [-0.4, -0.2) is 25.8 Å². The van der Waals surface area contributed by atoms with Gasteiger partial charge >= 0.3 is 5.97 Å². The molecule has 5 heteroatoms. The van der Waals surface area contributed by atoms with Gasteiger partial charge in [0.15, 0.2) is 0 Å². The summed E-state index contributed by atoms with van der Waals surface area (Å²) in [5, 5.41) is 16.7. The lowest BCUT2D eigenvalue weighted by atomic mass is 10.1. The average molecular weight is 197 g/mol. The van der Waals surface area contributed by atoms with Crippen LogP contribution in [0.5, 0.6) is 0 Å². The lowest BCUT2D eigenvalue weighted by molar-refractivity contribution is -0.145. The normalized spacial score (nSPS) is 11.6. The van der Waals surface area contributed by atoms with Gasteiger partial charge in [0.1, 0.15) is 17.7 Å². The van der Waals surface area contributed by atoms with E-state index in [1.807, 2.05) is 6.92 Å². The average Bonchev–Trinajstić information content (AvgIpc) is 2.53. The summed E-state index contributed by atoms with van der Waals surface area (Å²) in [4.78, 5) is 11.0. The zero-order valence-corrected chi connectivity index (χ0v) is 8.69. The number of aliphatic carboxylic acids is 1. The largest absolute Gasteiger partial charge is 0.480 e. The summed E-state index contributed by atoms with van der Waals surface area (Å²) in [5.41, 5.74) is -0.978. The maximum atomic E-state index is 11.0. The Hall–Kier alpha value is -1.39. The van der Waals surface area contributed by atoms with Crippen LogP contribution in [0.1, 0.15) is 33.0 Å². The molecule has 0 aromatic carbocycles. The zero-order chi connectivity index (χ0) is 10.8. The molecule has 1 N–H and O–H groups in total. The molecule has 0 amide bonds. The molecule has 0 unspecified atom stereocenters. The summed E-state index contributed by atoms with van der Waals surface area (Å²) in [5.74, 6) is -0.158. The van der Waals surface area contributed by atoms with E-state index in [0.29, 0.717) is 0 Å². The van der Waals surface area contributed by atoms with E-state index in [0.717, 1.165) is 18.7 Å². The Labute approximate surface area is 82.8 Å². The molecule has 0 fully saturated rings. The van der Waals surface area contributed by atoms with E-state index < -0.39 is 11.5 Å². The summed E-state index contributed by atoms with van der Waals surface area (Å²) >= 11 is 0. The first kappa shape index (κ1) is 10.7. The SMILES string of the molecule is CCCc1nncn1C(C)(C)C(=O)O. The van der Waals surface area contributed by atoms with E-state index in [4.69, 9.17) is 5.11 Å². The van der Waals surface area contributed by atoms with Crippen LogP contribution >= 0.6 is 0 Å². The smallest absolute Gasteiger partial charge is 0.329 e. The molecule has 0 bridgehead atoms. The first-order valence-corrected chi connectivity index (χ1v) is 4.63. The highest BCUT2D eigenvalue weighted by Gasteiger charge is 2.31. The highest BCUT2D eigenvalue weighted by molar-refractivity contribution is 5.75. The molecule has 0 saturated carbocycles. The van der Waals surface area contributed by atoms with Gasteiger partial charge in [-0.2, -0.15) is 0 Å². The van der Waals surface area contributed by atoms with Crippen molar-refractivity contribution < 1.29 is 9.90 Å². The van der Waals surface area contributed by atoms with Gasteiger partial charge in [0.2, 0.25) is 0 Å². The molecule has 0 aliphatic carbocycles. The molecule has 0 atom stereocenters. The number of rotatable bonds is 4. The van der Waals surface area contributed by atoms with E-state index >= 15 is 0 Å². The van der Waals surface area contributed by atoms with Gasteiger partial charge in [0, 0.05) is 6.42 Å². The fraction of sp³-hybridized carbons (Fsp3) is 0.667. The number of carboxylic acids is 1. The number of carboxylic acid groups (broad SMARTS) is 1. The van der Waals surface area contributed by atoms with Crippen LogP contribution in [0.3, 0.4) is 0 Å². The molecule has 1 rings (SSSR count). The van der Waals surface area contributed by atoms with Gasteiger partial charge in [-0.3, -0.25) is 0 Å². The van der Waals surface area contributed by atoms with Crippen molar-refractivity contribution in [1.29, 1.82) is 0 Å². The molecule has 78 valence electrons. The topological polar surface area (TPSA) is 68.0 Å². The van der Waals surface area contributed by atoms with Gasteiger partial charge in [-0.05, 0) is 20.3 Å². The molecule has 1 heterocycles. The van der Waals surface area contributed by atoms with Gasteiger partial charge < -0.3 is 9.67 Å². The summed E-state index contributed by atoms with van der Waals surface area (Å²) < 4.78 is 1.61. The van der Waals surface area contributed by atoms with Crippen molar-refractivity contribution in [3.05, 3.63) is 12.2 Å². The van der Waals surface area contributed by atoms with Crippen molar-refractivity contribution in [3.8, 4) is 0 Å². The number of carbonyl (C=O) groups is 1. The van der Waals surface area contributed by atoms with Gasteiger partial charge in [0.25, 0.3) is 0 Å². The molecule has 14 heavy (non-hydrogen) atoms. The minimum Gasteiger partial charge on any atom is -0.480 e. The van der Waals surface area contributed by atoms with Crippen molar-refractivity contribution >= 4 is 5.97 Å². The monoisotopic (exact) mass is 197 g/mol. The van der Waals surface area contributed by atoms with Crippen molar-refractivity contribution in [2.45, 2.75) is 39.2 Å². The fourth-order valence-electron chi connectivity index (χ4n) is 1.22. The van der Waals surface area contributed by atoms with Crippen molar-refractivity contribution in [1.82, 2.24) is 14.8 Å². The molecule has 1 aromatic rings. The van der Waals surface area contributed by atoms with Crippen LogP contribution in [-0.2, 0) is 16.8 Å². The molecule has 0 radical (unpaired) electrons. The lowest BCUT2D eigenvalue weighted by Gasteiger charge is -2.22. The first-order chi connectivity index (χ1) is 6.50. The molecule has 0 aliphatic rings. The quantitative estimate of drug-likeness (QED) is 0.783. The third kappa shape index (κ3) is 1.76. The minimum absolute atomic E-state index is 0.722. The Morgan fingerprint density at radius 2 is 2.29 bits per heavy atom. The summed E-state index contributed by atoms with van der Waals surface area (Å²) in [6.07, 6.45) is 3.14. The first-order valence-electron chi connectivity index (χ1n) is 4.63. The van der Waals surface area contributed by atoms with Gasteiger partial charge in [0.05, 0.1) is 0 Å². The maximum absolute atomic E-state index is 11.0. The zero-order valence-electron chi connectivity index (χ0n) is 8.69. The number of aryl methyl sites for hydroxylation is 1. The van der Waals surface area contributed by atoms with Crippen molar-refractivity contribution in [2.24, 2.45) is 0 Å². The van der Waals surface area contributed by atoms with Gasteiger partial charge in [-0.25, -0.2) is 4.79 Å². The fourth-order valence-corrected chi connectivity index (χ4v) is 1.22. The Morgan fingerprint density at radius 1 is 1.64 bits per heavy atom. The van der Waals surface area contributed by atoms with E-state index in [-0.39, 0.29) is 0 Å². The minimum atomic E-state index is -0.978. The second-order valence-corrected chi connectivity index (χ2v) is 3.73. The summed E-state index contributed by atoms with van der Waals surface area (Å²) in [6, 6.07) is 0. The van der Waals surface area contributed by atoms with Gasteiger partial charge in [-0.1, -0.05) is 6.92 Å². The predicted octanol–water partition coefficient (Wildman–Crippen LogP) is 1.05. The van der Waals surface area contributed by atoms with Gasteiger partial charge in [-0.15, -0.1) is 10.2 Å². The molecule has 5 nitrogen and oxygen atoms in total. The highest BCUT2D eigenvalue weighted by atomic mass is 16.4. The molecule has 0 aliphatic heterocycles. The second-order valence-electron chi connectivity index (χ2n) is 3.73. The molecular weight excluding hydrogens is 182 g/mol. The van der Waals surface area contributed by atoms with Crippen LogP contribution < -0.4 is 0 Å². The van der Waals surface area contributed by atoms with E-state index in [1.54, 1.807) is 18.4 Å². The Balaban J connectivity index is 3.05. The van der Waals surface area contributed by atoms with E-state index in [9.17, 15) is 4.79 Å². The van der Waals surface area contributed by atoms with Crippen LogP contribution in [0, 0.1) is 0 Å². The van der Waals surface area contributed by atoms with Crippen LogP contribution in [0.25, 0.3) is 0 Å². The number of hydrogen-bond donors (Lipinski definition) is 1. The summed E-state index contributed by atoms with van der Waals surface area (Å²) in [7, 11) is 0. The molecule has 0 spiro atoms. The third-order valence-electron chi connectivity index (χ3n) is 2.22. The number of aromatic nitrogens is 3.